The van der Waals surface area contributed by atoms with Crippen LogP contribution in [0.5, 0.6) is 0 Å². The molecule has 0 radical (unpaired) electrons. The van der Waals surface area contributed by atoms with Crippen molar-refractivity contribution in [2.24, 2.45) is 0 Å². The monoisotopic (exact) mass is 267 g/mol. The Morgan fingerprint density at radius 1 is 1.42 bits per heavy atom. The number of carbonyl (C=O) groups excluding carboxylic acids is 1. The van der Waals surface area contributed by atoms with Crippen LogP contribution in [0.3, 0.4) is 0 Å². The predicted octanol–water partition coefficient (Wildman–Crippen LogP) is 3.00. The molecule has 0 saturated carbocycles. The molecular weight excluding hydrogens is 248 g/mol. The third-order valence-corrected chi connectivity index (χ3v) is 3.84. The lowest BCUT2D eigenvalue weighted by Gasteiger charge is -2.27. The Morgan fingerprint density at radius 2 is 2.21 bits per heavy atom. The maximum Gasteiger partial charge on any atom is 0.162 e. The first-order valence-corrected chi connectivity index (χ1v) is 6.80. The second kappa shape index (κ2) is 5.78. The highest BCUT2D eigenvalue weighted by molar-refractivity contribution is 5.90. The van der Waals surface area contributed by atoms with E-state index in [1.807, 2.05) is 6.92 Å². The first-order valence-electron chi connectivity index (χ1n) is 6.80. The quantitative estimate of drug-likeness (QED) is 0.888. The zero-order chi connectivity index (χ0) is 13.9. The molecule has 2 nitrogen and oxygen atoms in total. The molecule has 0 bridgehead atoms. The molecule has 1 fully saturated rings. The van der Waals surface area contributed by atoms with Gasteiger partial charge in [-0.25, -0.2) is 8.78 Å². The molecule has 19 heavy (non-hydrogen) atoms. The van der Waals surface area contributed by atoms with Gasteiger partial charge in [-0.1, -0.05) is 25.5 Å². The van der Waals surface area contributed by atoms with Gasteiger partial charge in [0.05, 0.1) is 5.54 Å². The molecule has 104 valence electrons. The number of hydrogen-bond acceptors (Lipinski definition) is 2. The lowest BCUT2D eigenvalue weighted by molar-refractivity contribution is -0.124. The van der Waals surface area contributed by atoms with Crippen LogP contribution in [0.25, 0.3) is 0 Å². The van der Waals surface area contributed by atoms with Crippen molar-refractivity contribution in [3.8, 4) is 0 Å². The lowest BCUT2D eigenvalue weighted by Crippen LogP contribution is -2.48. The fraction of sp³-hybridized carbons (Fsp3) is 0.533. The standard InChI is InChI=1S/C15H19F2NO/c1-2-7-15(8-4-9-18-15)13(19)10-11-5-3-6-12(16)14(11)17/h3,5-6,18H,2,4,7-10H2,1H3. The van der Waals surface area contributed by atoms with Crippen LogP contribution >= 0.6 is 0 Å². The number of halogens is 2. The minimum absolute atomic E-state index is 0.0312. The smallest absolute Gasteiger partial charge is 0.162 e. The molecule has 0 spiro atoms. The maximum absolute atomic E-state index is 13.6. The molecule has 4 heteroatoms. The van der Waals surface area contributed by atoms with Gasteiger partial charge in [0, 0.05) is 6.42 Å². The predicted molar refractivity (Wildman–Crippen MR) is 69.9 cm³/mol. The first-order chi connectivity index (χ1) is 9.09. The van der Waals surface area contributed by atoms with E-state index >= 15 is 0 Å². The molecule has 1 aliphatic heterocycles. The third-order valence-electron chi connectivity index (χ3n) is 3.84. The molecule has 0 amide bonds. The summed E-state index contributed by atoms with van der Waals surface area (Å²) in [6.45, 7) is 2.84. The summed E-state index contributed by atoms with van der Waals surface area (Å²) in [6.07, 6.45) is 3.34. The Hall–Kier alpha value is -1.29. The molecule has 1 aliphatic rings. The Bertz CT molecular complexity index is 467. The third kappa shape index (κ3) is 2.84. The molecule has 2 rings (SSSR count). The summed E-state index contributed by atoms with van der Waals surface area (Å²) in [5.74, 6) is -1.83. The lowest BCUT2D eigenvalue weighted by atomic mass is 9.84. The molecule has 0 aromatic heterocycles. The molecule has 1 aromatic rings. The van der Waals surface area contributed by atoms with Gasteiger partial charge in [-0.3, -0.25) is 4.79 Å². The maximum atomic E-state index is 13.6. The van der Waals surface area contributed by atoms with E-state index in [0.717, 1.165) is 38.3 Å². The van der Waals surface area contributed by atoms with Crippen molar-refractivity contribution < 1.29 is 13.6 Å². The van der Waals surface area contributed by atoms with Crippen LogP contribution < -0.4 is 5.32 Å². The van der Waals surface area contributed by atoms with Gasteiger partial charge >= 0.3 is 0 Å². The molecule has 0 aliphatic carbocycles. The second-order valence-corrected chi connectivity index (χ2v) is 5.18. The SMILES string of the molecule is CCCC1(C(=O)Cc2cccc(F)c2F)CCCN1. The van der Waals surface area contributed by atoms with Gasteiger partial charge in [0.2, 0.25) is 0 Å². The van der Waals surface area contributed by atoms with Crippen molar-refractivity contribution in [3.63, 3.8) is 0 Å². The van der Waals surface area contributed by atoms with Crippen molar-refractivity contribution in [2.45, 2.75) is 44.6 Å². The summed E-state index contributed by atoms with van der Waals surface area (Å²) in [5, 5.41) is 3.26. The average molecular weight is 267 g/mol. The van der Waals surface area contributed by atoms with E-state index in [1.54, 1.807) is 0 Å². The largest absolute Gasteiger partial charge is 0.305 e. The average Bonchev–Trinajstić information content (AvgIpc) is 2.85. The Balaban J connectivity index is 2.17. The fourth-order valence-corrected chi connectivity index (χ4v) is 2.85. The molecule has 1 unspecified atom stereocenters. The minimum atomic E-state index is -0.902. The number of Topliss-reactive ketones (excluding diaryl/α,β-unsaturated/α-hetero) is 1. The number of benzene rings is 1. The van der Waals surface area contributed by atoms with Gasteiger partial charge in [0.25, 0.3) is 0 Å². The van der Waals surface area contributed by atoms with Crippen molar-refractivity contribution in [1.29, 1.82) is 0 Å². The molecule has 1 atom stereocenters. The molecule has 1 aromatic carbocycles. The number of ketones is 1. The van der Waals surface area contributed by atoms with E-state index in [-0.39, 0.29) is 17.8 Å². The van der Waals surface area contributed by atoms with Crippen molar-refractivity contribution >= 4 is 5.78 Å². The van der Waals surface area contributed by atoms with Gasteiger partial charge in [-0.2, -0.15) is 0 Å². The van der Waals surface area contributed by atoms with E-state index < -0.39 is 17.2 Å². The summed E-state index contributed by atoms with van der Waals surface area (Å²) in [6, 6.07) is 3.99. The number of rotatable bonds is 5. The molecule has 1 saturated heterocycles. The van der Waals surface area contributed by atoms with Crippen molar-refractivity contribution in [1.82, 2.24) is 5.32 Å². The van der Waals surface area contributed by atoms with Gasteiger partial charge in [-0.05, 0) is 37.4 Å². The van der Waals surface area contributed by atoms with Crippen LogP contribution in [-0.4, -0.2) is 17.9 Å². The fourth-order valence-electron chi connectivity index (χ4n) is 2.85. The summed E-state index contributed by atoms with van der Waals surface area (Å²) in [7, 11) is 0. The highest BCUT2D eigenvalue weighted by Gasteiger charge is 2.39. The topological polar surface area (TPSA) is 29.1 Å². The van der Waals surface area contributed by atoms with Crippen molar-refractivity contribution in [3.05, 3.63) is 35.4 Å². The number of carbonyl (C=O) groups is 1. The van der Waals surface area contributed by atoms with Crippen LogP contribution in [0.4, 0.5) is 8.78 Å². The number of hydrogen-bond donors (Lipinski definition) is 1. The van der Waals surface area contributed by atoms with E-state index in [2.05, 4.69) is 5.32 Å². The molecule has 1 N–H and O–H groups in total. The Labute approximate surface area is 112 Å². The van der Waals surface area contributed by atoms with Crippen LogP contribution in [0, 0.1) is 11.6 Å². The highest BCUT2D eigenvalue weighted by atomic mass is 19.2. The van der Waals surface area contributed by atoms with Gasteiger partial charge in [0.15, 0.2) is 17.4 Å². The van der Waals surface area contributed by atoms with E-state index in [4.69, 9.17) is 0 Å². The molecular formula is C15H19F2NO. The van der Waals surface area contributed by atoms with E-state index in [0.29, 0.717) is 0 Å². The molecule has 1 heterocycles. The normalized spacial score (nSPS) is 22.7. The zero-order valence-electron chi connectivity index (χ0n) is 11.1. The van der Waals surface area contributed by atoms with Crippen molar-refractivity contribution in [2.75, 3.05) is 6.54 Å². The Morgan fingerprint density at radius 3 is 2.84 bits per heavy atom. The van der Waals surface area contributed by atoms with Gasteiger partial charge in [-0.15, -0.1) is 0 Å². The first kappa shape index (κ1) is 14.1. The highest BCUT2D eigenvalue weighted by Crippen LogP contribution is 2.27. The minimum Gasteiger partial charge on any atom is -0.305 e. The van der Waals surface area contributed by atoms with Gasteiger partial charge < -0.3 is 5.32 Å². The van der Waals surface area contributed by atoms with Gasteiger partial charge in [0.1, 0.15) is 0 Å². The second-order valence-electron chi connectivity index (χ2n) is 5.18. The zero-order valence-corrected chi connectivity index (χ0v) is 11.1. The summed E-state index contributed by atoms with van der Waals surface area (Å²) < 4.78 is 26.8. The van der Waals surface area contributed by atoms with Crippen LogP contribution in [0.1, 0.15) is 38.2 Å². The Kier molecular flexibility index (Phi) is 4.30. The number of nitrogens with one attached hydrogen (secondary N) is 1. The van der Waals surface area contributed by atoms with E-state index in [9.17, 15) is 13.6 Å². The van der Waals surface area contributed by atoms with Crippen LogP contribution in [0.15, 0.2) is 18.2 Å². The van der Waals surface area contributed by atoms with Crippen LogP contribution in [-0.2, 0) is 11.2 Å². The summed E-state index contributed by atoms with van der Waals surface area (Å²) in [4.78, 5) is 12.4. The van der Waals surface area contributed by atoms with E-state index in [1.165, 1.54) is 12.1 Å². The van der Waals surface area contributed by atoms with Crippen LogP contribution in [0.2, 0.25) is 0 Å². The summed E-state index contributed by atoms with van der Waals surface area (Å²) in [5.41, 5.74) is -0.387. The summed E-state index contributed by atoms with van der Waals surface area (Å²) >= 11 is 0.